The van der Waals surface area contributed by atoms with Gasteiger partial charge >= 0.3 is 11.5 Å². The number of halogens is 4. The van der Waals surface area contributed by atoms with Crippen LogP contribution in [0.4, 0.5) is 35.9 Å². The number of piperazine rings is 1. The molecule has 14 nitrogen and oxygen atoms in total. The smallest absolute Gasteiger partial charge is 0.481 e. The Morgan fingerprint density at radius 1 is 0.800 bits per heavy atom. The molecule has 1 unspecified atom stereocenters. The minimum Gasteiger partial charge on any atom is -0.481 e. The third-order valence-corrected chi connectivity index (χ3v) is 19.5. The first-order valence-electron chi connectivity index (χ1n) is 27.1. The average molecular weight is 1170 g/mol. The average Bonchev–Trinajstić information content (AvgIpc) is 3.87. The molecule has 3 heterocycles. The molecular weight excluding hydrogens is 1110 g/mol. The van der Waals surface area contributed by atoms with Crippen LogP contribution < -0.4 is 25.2 Å². The molecule has 3 aliphatic rings. The number of carbonyl (C=O) groups excluding carboxylic acids is 1. The van der Waals surface area contributed by atoms with Crippen molar-refractivity contribution in [2.45, 2.75) is 104 Å². The summed E-state index contributed by atoms with van der Waals surface area (Å²) >= 11 is 7.86. The summed E-state index contributed by atoms with van der Waals surface area (Å²) in [6.07, 6.45) is 3.56. The van der Waals surface area contributed by atoms with Crippen LogP contribution in [0.3, 0.4) is 0 Å². The summed E-state index contributed by atoms with van der Waals surface area (Å²) in [5.74, 6) is -0.971. The number of piperidine rings is 1. The van der Waals surface area contributed by atoms with Crippen molar-refractivity contribution < 1.29 is 45.6 Å². The molecule has 1 aromatic heterocycles. The Hall–Kier alpha value is -6.03. The van der Waals surface area contributed by atoms with Gasteiger partial charge in [-0.2, -0.15) is 13.2 Å². The number of benzene rings is 5. The summed E-state index contributed by atoms with van der Waals surface area (Å²) in [4.78, 5) is 32.6. The Labute approximate surface area is 477 Å². The van der Waals surface area contributed by atoms with Gasteiger partial charge in [-0.3, -0.25) is 9.59 Å². The highest BCUT2D eigenvalue weighted by Crippen LogP contribution is 2.42. The van der Waals surface area contributed by atoms with Crippen LogP contribution in [0.5, 0.6) is 0 Å². The topological polar surface area (TPSA) is 177 Å². The highest BCUT2D eigenvalue weighted by atomic mass is 35.5. The number of anilines is 4. The first kappa shape index (κ1) is 58.6. The predicted octanol–water partition coefficient (Wildman–Crippen LogP) is 11.4. The lowest BCUT2D eigenvalue weighted by atomic mass is 9.86. The van der Waals surface area contributed by atoms with Crippen LogP contribution in [0.15, 0.2) is 136 Å². The van der Waals surface area contributed by atoms with Crippen molar-refractivity contribution in [3.63, 3.8) is 0 Å². The van der Waals surface area contributed by atoms with E-state index >= 15 is 0 Å². The van der Waals surface area contributed by atoms with Crippen molar-refractivity contribution in [3.05, 3.63) is 138 Å². The Kier molecular flexibility index (Phi) is 18.9. The SMILES string of the molecule is CCn1c(C)c(C(=O)NC2CCC(C(=O)O)CC2)c(-c2cccc(N3CCN(c4ccc(NS(=O)c5ccc(N[C@H](CCN6CCC(O)CC6)CSc6ccccc6)c(S(=O)(=O)C(F)(F)F)c5)cc4)CC3)c2)c1-c1ccc(Cl)cc1. The quantitative estimate of drug-likeness (QED) is 0.0458. The number of aliphatic hydroxyl groups excluding tert-OH is 1. The minimum absolute atomic E-state index is 0.140. The van der Waals surface area contributed by atoms with Gasteiger partial charge in [-0.1, -0.05) is 54.1 Å². The number of hydrogen-bond acceptors (Lipinski definition) is 11. The number of alkyl halides is 3. The van der Waals surface area contributed by atoms with Crippen molar-refractivity contribution in [2.75, 3.05) is 71.4 Å². The van der Waals surface area contributed by atoms with Gasteiger partial charge in [-0.05, 0) is 149 Å². The van der Waals surface area contributed by atoms with Crippen molar-refractivity contribution in [1.29, 1.82) is 0 Å². The van der Waals surface area contributed by atoms with Crippen LogP contribution in [0.1, 0.15) is 67.9 Å². The van der Waals surface area contributed by atoms with E-state index in [0.717, 1.165) is 50.4 Å². The molecule has 1 saturated carbocycles. The molecule has 9 rings (SSSR count). The minimum atomic E-state index is -5.88. The highest BCUT2D eigenvalue weighted by Gasteiger charge is 2.48. The van der Waals surface area contributed by atoms with E-state index in [9.17, 15) is 45.6 Å². The van der Waals surface area contributed by atoms with Gasteiger partial charge < -0.3 is 44.8 Å². The van der Waals surface area contributed by atoms with Gasteiger partial charge in [0.25, 0.3) is 15.7 Å². The number of aliphatic carboxylic acids is 1. The second-order valence-corrected chi connectivity index (χ2v) is 25.3. The van der Waals surface area contributed by atoms with Crippen LogP contribution in [-0.2, 0) is 32.2 Å². The van der Waals surface area contributed by atoms with Crippen LogP contribution >= 0.6 is 23.4 Å². The van der Waals surface area contributed by atoms with Crippen LogP contribution in [0.25, 0.3) is 22.4 Å². The number of nitrogens with zero attached hydrogens (tertiary/aromatic N) is 4. The number of likely N-dealkylation sites (tertiary alicyclic amines) is 1. The monoisotopic (exact) mass is 1170 g/mol. The molecule has 0 radical (unpaired) electrons. The number of carbonyl (C=O) groups is 2. The highest BCUT2D eigenvalue weighted by molar-refractivity contribution is 7.99. The van der Waals surface area contributed by atoms with Gasteiger partial charge in [0.05, 0.1) is 33.9 Å². The van der Waals surface area contributed by atoms with Gasteiger partial charge in [0.15, 0.2) is 0 Å². The molecular formula is C59H67ClF3N7O7S3. The second kappa shape index (κ2) is 25.8. The van der Waals surface area contributed by atoms with E-state index in [0.29, 0.717) is 119 Å². The standard InChI is InChI=1S/C59H67ClF3N7O7S3/c1-3-70-39(2)54(57(72)65-44-18-14-41(15-19-44)58(73)74)55(56(70)40-12-16-43(60)17-13-40)42-8-7-9-48(36-42)69-34-32-68(33-35-69)47-22-20-45(21-23-47)66-79(75)51-24-25-52(53(37-51)80(76,77)59(61,62)63)64-46(38-78-50-10-5-4-6-11-50)26-29-67-30-27-49(71)28-31-67/h4-13,16-17,20-25,36-37,41,44,46,49,64,66,71H,3,14-15,18-19,26-35,38H2,1-2H3,(H,65,72)(H,73,74)/t41?,44?,46-,79?/m1/s1. The maximum Gasteiger partial charge on any atom is 0.501 e. The third kappa shape index (κ3) is 13.8. The largest absolute Gasteiger partial charge is 0.501 e. The summed E-state index contributed by atoms with van der Waals surface area (Å²) in [7, 11) is -8.03. The zero-order valence-corrected chi connectivity index (χ0v) is 47.8. The molecule has 1 amide bonds. The molecule has 3 fully saturated rings. The lowest BCUT2D eigenvalue weighted by Gasteiger charge is -2.37. The Bertz CT molecular complexity index is 3260. The molecule has 0 spiro atoms. The van der Waals surface area contributed by atoms with Crippen molar-refractivity contribution in [2.24, 2.45) is 5.92 Å². The van der Waals surface area contributed by atoms with E-state index in [-0.39, 0.29) is 28.6 Å². The summed E-state index contributed by atoms with van der Waals surface area (Å²) in [5, 5.41) is 26.6. The Morgan fingerprint density at radius 2 is 1.46 bits per heavy atom. The number of rotatable bonds is 20. The molecule has 426 valence electrons. The maximum absolute atomic E-state index is 14.5. The molecule has 1 aliphatic carbocycles. The van der Waals surface area contributed by atoms with E-state index in [1.54, 1.807) is 12.1 Å². The lowest BCUT2D eigenvalue weighted by molar-refractivity contribution is -0.142. The van der Waals surface area contributed by atoms with E-state index < -0.39 is 49.2 Å². The third-order valence-electron chi connectivity index (χ3n) is 15.5. The normalized spacial score (nSPS) is 18.4. The van der Waals surface area contributed by atoms with Gasteiger partial charge in [-0.25, -0.2) is 12.6 Å². The summed E-state index contributed by atoms with van der Waals surface area (Å²) < 4.78 is 88.3. The number of carboxylic acids is 1. The van der Waals surface area contributed by atoms with Crippen LogP contribution in [-0.4, -0.2) is 119 Å². The number of amides is 1. The molecule has 2 atom stereocenters. The van der Waals surface area contributed by atoms with Gasteiger partial charge in [0.1, 0.15) is 15.9 Å². The maximum atomic E-state index is 14.5. The van der Waals surface area contributed by atoms with Crippen LogP contribution in [0, 0.1) is 12.8 Å². The number of aliphatic hydroxyl groups is 1. The predicted molar refractivity (Wildman–Crippen MR) is 313 cm³/mol. The van der Waals surface area contributed by atoms with E-state index in [1.165, 1.54) is 23.9 Å². The zero-order chi connectivity index (χ0) is 56.7. The summed E-state index contributed by atoms with van der Waals surface area (Å²) in [6, 6.07) is 35.4. The zero-order valence-electron chi connectivity index (χ0n) is 44.6. The fourth-order valence-corrected chi connectivity index (χ4v) is 14.1. The lowest BCUT2D eigenvalue weighted by Crippen LogP contribution is -2.46. The van der Waals surface area contributed by atoms with E-state index in [4.69, 9.17) is 11.6 Å². The second-order valence-electron chi connectivity index (χ2n) is 20.7. The fourth-order valence-electron chi connectivity index (χ4n) is 11.0. The summed E-state index contributed by atoms with van der Waals surface area (Å²) in [5.41, 5.74) is 1.34. The molecule has 21 heteroatoms. The number of sulfone groups is 1. The first-order valence-corrected chi connectivity index (χ1v) is 31.1. The molecule has 0 bridgehead atoms. The number of aromatic nitrogens is 1. The first-order chi connectivity index (χ1) is 38.4. The van der Waals surface area contributed by atoms with Crippen molar-refractivity contribution >= 4 is 78.8 Å². The van der Waals surface area contributed by atoms with Crippen LogP contribution in [0.2, 0.25) is 5.02 Å². The number of carboxylic acid groups (broad SMARTS) is 1. The number of nitrogens with one attached hydrogen (secondary N) is 3. The number of hydrogen-bond donors (Lipinski definition) is 5. The molecule has 6 aromatic rings. The molecule has 2 saturated heterocycles. The van der Waals surface area contributed by atoms with Gasteiger partial charge in [0.2, 0.25) is 0 Å². The molecule has 80 heavy (non-hydrogen) atoms. The number of thioether (sulfide) groups is 1. The van der Waals surface area contributed by atoms with Gasteiger partial charge in [-0.15, -0.1) is 11.8 Å². The molecule has 2 aliphatic heterocycles. The fraction of sp³-hybridized carbons (Fsp3) is 0.390. The molecule has 5 aromatic carbocycles. The van der Waals surface area contributed by atoms with E-state index in [2.05, 4.69) is 53.7 Å². The van der Waals surface area contributed by atoms with Crippen molar-refractivity contribution in [1.82, 2.24) is 14.8 Å². The molecule has 5 N–H and O–H groups in total. The Balaban J connectivity index is 0.882. The van der Waals surface area contributed by atoms with Gasteiger partial charge in [0, 0.05) is 108 Å². The Morgan fingerprint density at radius 3 is 2.10 bits per heavy atom. The summed E-state index contributed by atoms with van der Waals surface area (Å²) in [6.45, 7) is 9.23. The van der Waals surface area contributed by atoms with Crippen molar-refractivity contribution in [3.8, 4) is 22.4 Å². The van der Waals surface area contributed by atoms with E-state index in [1.807, 2.05) is 85.8 Å².